The Hall–Kier alpha value is -2.76. The molecule has 0 amide bonds. The first-order valence-corrected chi connectivity index (χ1v) is 7.58. The van der Waals surface area contributed by atoms with Crippen LogP contribution in [-0.4, -0.2) is 43.5 Å². The first kappa shape index (κ1) is 16.1. The molecule has 0 aliphatic heterocycles. The van der Waals surface area contributed by atoms with E-state index in [1.54, 1.807) is 0 Å². The zero-order valence-corrected chi connectivity index (χ0v) is 12.8. The number of nitrogens with zero attached hydrogens (tertiary/aromatic N) is 6. The first-order chi connectivity index (χ1) is 11.5. The summed E-state index contributed by atoms with van der Waals surface area (Å²) in [5.74, 6) is 0.427. The van der Waals surface area contributed by atoms with Gasteiger partial charge in [0.25, 0.3) is 0 Å². The first-order valence-electron chi connectivity index (χ1n) is 6.76. The van der Waals surface area contributed by atoms with Gasteiger partial charge >= 0.3 is 6.18 Å². The standard InChI is InChI=1S/C12H11F3N8S/c13-12(14,15)9-18-20-11(24-9)17-7-6-16-10-19-21-22-23(10)8-4-2-1-3-5-8/h1-5H,6-7H2,(H,17,20)(H,16,19,22). The van der Waals surface area contributed by atoms with Crippen LogP contribution in [-0.2, 0) is 6.18 Å². The van der Waals surface area contributed by atoms with E-state index in [9.17, 15) is 13.2 Å². The van der Waals surface area contributed by atoms with Crippen molar-refractivity contribution in [3.63, 3.8) is 0 Å². The van der Waals surface area contributed by atoms with E-state index >= 15 is 0 Å². The van der Waals surface area contributed by atoms with Crippen LogP contribution in [0.2, 0.25) is 0 Å². The lowest BCUT2D eigenvalue weighted by Gasteiger charge is -2.07. The molecule has 0 spiro atoms. The molecule has 2 N–H and O–H groups in total. The van der Waals surface area contributed by atoms with Gasteiger partial charge < -0.3 is 10.6 Å². The van der Waals surface area contributed by atoms with Crippen molar-refractivity contribution >= 4 is 22.4 Å². The maximum atomic E-state index is 12.4. The fourth-order valence-corrected chi connectivity index (χ4v) is 2.43. The minimum atomic E-state index is -4.48. The SMILES string of the molecule is FC(F)(F)c1nnc(NCCNc2nnnn2-c2ccccc2)s1. The molecule has 3 aromatic rings. The fraction of sp³-hybridized carbons (Fsp3) is 0.250. The number of benzene rings is 1. The average molecular weight is 356 g/mol. The van der Waals surface area contributed by atoms with Gasteiger partial charge in [0.1, 0.15) is 0 Å². The summed E-state index contributed by atoms with van der Waals surface area (Å²) in [4.78, 5) is 0. The molecule has 0 bridgehead atoms. The number of halogens is 3. The summed E-state index contributed by atoms with van der Waals surface area (Å²) < 4.78 is 38.8. The Morgan fingerprint density at radius 2 is 1.75 bits per heavy atom. The van der Waals surface area contributed by atoms with E-state index in [1.807, 2.05) is 30.3 Å². The van der Waals surface area contributed by atoms with Gasteiger partial charge in [0, 0.05) is 13.1 Å². The lowest BCUT2D eigenvalue weighted by atomic mass is 10.3. The van der Waals surface area contributed by atoms with E-state index in [0.717, 1.165) is 5.69 Å². The highest BCUT2D eigenvalue weighted by Gasteiger charge is 2.35. The summed E-state index contributed by atoms with van der Waals surface area (Å²) >= 11 is 0.456. The number of alkyl halides is 3. The van der Waals surface area contributed by atoms with Gasteiger partial charge in [0.2, 0.25) is 16.1 Å². The molecule has 0 unspecified atom stereocenters. The van der Waals surface area contributed by atoms with Crippen LogP contribution in [0.1, 0.15) is 5.01 Å². The van der Waals surface area contributed by atoms with Crippen LogP contribution < -0.4 is 10.6 Å². The Balaban J connectivity index is 1.53. The lowest BCUT2D eigenvalue weighted by Crippen LogP contribution is -2.16. The van der Waals surface area contributed by atoms with Crippen molar-refractivity contribution in [1.29, 1.82) is 0 Å². The van der Waals surface area contributed by atoms with Crippen molar-refractivity contribution in [1.82, 2.24) is 30.4 Å². The minimum absolute atomic E-state index is 0.103. The van der Waals surface area contributed by atoms with E-state index in [1.165, 1.54) is 4.68 Å². The molecule has 3 rings (SSSR count). The van der Waals surface area contributed by atoms with Gasteiger partial charge in [0.15, 0.2) is 0 Å². The van der Waals surface area contributed by atoms with Gasteiger partial charge in [-0.1, -0.05) is 34.6 Å². The van der Waals surface area contributed by atoms with Gasteiger partial charge in [-0.25, -0.2) is 0 Å². The summed E-state index contributed by atoms with van der Waals surface area (Å²) in [6.07, 6.45) is -4.48. The number of rotatable bonds is 6. The van der Waals surface area contributed by atoms with Crippen LogP contribution in [0.5, 0.6) is 0 Å². The minimum Gasteiger partial charge on any atom is -0.358 e. The largest absolute Gasteiger partial charge is 0.445 e. The van der Waals surface area contributed by atoms with E-state index in [0.29, 0.717) is 30.4 Å². The number of hydrogen-bond acceptors (Lipinski definition) is 8. The monoisotopic (exact) mass is 356 g/mol. The number of anilines is 2. The molecule has 0 atom stereocenters. The summed E-state index contributed by atoms with van der Waals surface area (Å²) in [6, 6.07) is 9.29. The normalized spacial score (nSPS) is 11.5. The Morgan fingerprint density at radius 1 is 1.00 bits per heavy atom. The third kappa shape index (κ3) is 3.76. The van der Waals surface area contributed by atoms with Crippen molar-refractivity contribution < 1.29 is 13.2 Å². The van der Waals surface area contributed by atoms with Crippen molar-refractivity contribution in [2.75, 3.05) is 23.7 Å². The lowest BCUT2D eigenvalue weighted by molar-refractivity contribution is -0.138. The molecule has 12 heteroatoms. The van der Waals surface area contributed by atoms with Crippen molar-refractivity contribution in [2.45, 2.75) is 6.18 Å². The molecule has 8 nitrogen and oxygen atoms in total. The average Bonchev–Trinajstić information content (AvgIpc) is 3.21. The molecule has 0 radical (unpaired) electrons. The molecule has 2 aromatic heterocycles. The second-order valence-corrected chi connectivity index (χ2v) is 5.49. The van der Waals surface area contributed by atoms with Crippen molar-refractivity contribution in [2.24, 2.45) is 0 Å². The van der Waals surface area contributed by atoms with E-state index < -0.39 is 11.2 Å². The van der Waals surface area contributed by atoms with Crippen LogP contribution >= 0.6 is 11.3 Å². The Labute approximate surface area is 137 Å². The molecule has 0 aliphatic carbocycles. The molecule has 0 saturated heterocycles. The maximum Gasteiger partial charge on any atom is 0.445 e. The highest BCUT2D eigenvalue weighted by molar-refractivity contribution is 7.15. The molecule has 0 fully saturated rings. The molecule has 0 saturated carbocycles. The summed E-state index contributed by atoms with van der Waals surface area (Å²) in [5.41, 5.74) is 0.789. The van der Waals surface area contributed by atoms with Crippen molar-refractivity contribution in [3.8, 4) is 5.69 Å². The smallest absolute Gasteiger partial charge is 0.358 e. The van der Waals surface area contributed by atoms with Crippen molar-refractivity contribution in [3.05, 3.63) is 35.3 Å². The van der Waals surface area contributed by atoms with Gasteiger partial charge in [-0.05, 0) is 22.6 Å². The Bertz CT molecular complexity index is 785. The number of tetrazole rings is 1. The molecular formula is C12H11F3N8S. The number of aromatic nitrogens is 6. The Morgan fingerprint density at radius 3 is 2.46 bits per heavy atom. The third-order valence-corrected chi connectivity index (χ3v) is 3.75. The van der Waals surface area contributed by atoms with Gasteiger partial charge in [-0.3, -0.25) is 0 Å². The van der Waals surface area contributed by atoms with Crippen LogP contribution in [0, 0.1) is 0 Å². The summed E-state index contributed by atoms with van der Waals surface area (Å²) in [5, 5.41) is 22.8. The Kier molecular flexibility index (Phi) is 4.55. The second kappa shape index (κ2) is 6.78. The van der Waals surface area contributed by atoms with Gasteiger partial charge in [-0.15, -0.1) is 10.2 Å². The highest BCUT2D eigenvalue weighted by atomic mass is 32.1. The predicted octanol–water partition coefficient (Wildman–Crippen LogP) is 2.06. The summed E-state index contributed by atoms with van der Waals surface area (Å²) in [7, 11) is 0. The molecular weight excluding hydrogens is 345 g/mol. The molecule has 126 valence electrons. The zero-order valence-electron chi connectivity index (χ0n) is 12.0. The molecule has 24 heavy (non-hydrogen) atoms. The second-order valence-electron chi connectivity index (χ2n) is 4.51. The van der Waals surface area contributed by atoms with Crippen LogP contribution in [0.4, 0.5) is 24.3 Å². The number of hydrogen-bond donors (Lipinski definition) is 2. The molecule has 0 aliphatic rings. The topological polar surface area (TPSA) is 93.4 Å². The van der Waals surface area contributed by atoms with E-state index in [4.69, 9.17) is 0 Å². The van der Waals surface area contributed by atoms with E-state index in [2.05, 4.69) is 36.4 Å². The fourth-order valence-electron chi connectivity index (χ4n) is 1.79. The van der Waals surface area contributed by atoms with E-state index in [-0.39, 0.29) is 5.13 Å². The molecule has 1 aromatic carbocycles. The van der Waals surface area contributed by atoms with Gasteiger partial charge in [-0.2, -0.15) is 17.9 Å². The predicted molar refractivity (Wildman–Crippen MR) is 81.0 cm³/mol. The van der Waals surface area contributed by atoms with Crippen LogP contribution in [0.3, 0.4) is 0 Å². The van der Waals surface area contributed by atoms with Crippen LogP contribution in [0.25, 0.3) is 5.69 Å². The number of para-hydroxylation sites is 1. The quantitative estimate of drug-likeness (QED) is 0.653. The summed E-state index contributed by atoms with van der Waals surface area (Å²) in [6.45, 7) is 0.711. The maximum absolute atomic E-state index is 12.4. The highest BCUT2D eigenvalue weighted by Crippen LogP contribution is 2.32. The third-order valence-electron chi connectivity index (χ3n) is 2.82. The van der Waals surface area contributed by atoms with Crippen LogP contribution in [0.15, 0.2) is 30.3 Å². The molecule has 2 heterocycles. The number of nitrogens with one attached hydrogen (secondary N) is 2. The van der Waals surface area contributed by atoms with Gasteiger partial charge in [0.05, 0.1) is 5.69 Å². The zero-order chi connectivity index (χ0) is 17.0.